The summed E-state index contributed by atoms with van der Waals surface area (Å²) >= 11 is 11.7. The molecule has 0 fully saturated rings. The average Bonchev–Trinajstić information content (AvgIpc) is 3.02. The van der Waals surface area contributed by atoms with E-state index in [1.165, 1.54) is 0 Å². The predicted octanol–water partition coefficient (Wildman–Crippen LogP) is 8.85. The van der Waals surface area contributed by atoms with Crippen molar-refractivity contribution in [3.8, 4) is 34.3 Å². The van der Waals surface area contributed by atoms with E-state index < -0.39 is 17.2 Å². The Balaban J connectivity index is 0.000000295. The fourth-order valence-corrected chi connectivity index (χ4v) is 6.01. The summed E-state index contributed by atoms with van der Waals surface area (Å²) in [6.07, 6.45) is 4.37. The number of aryl methyl sites for hydroxylation is 2. The minimum absolute atomic E-state index is 0.171. The lowest BCUT2D eigenvalue weighted by atomic mass is 9.91. The summed E-state index contributed by atoms with van der Waals surface area (Å²) < 4.78 is 17.4. The zero-order chi connectivity index (χ0) is 39.6. The number of hydrogen-bond donors (Lipinski definition) is 2. The number of nitrogens with one attached hydrogen (secondary N) is 1. The van der Waals surface area contributed by atoms with Gasteiger partial charge in [-0.25, -0.2) is 34.7 Å². The van der Waals surface area contributed by atoms with Gasteiger partial charge in [0.15, 0.2) is 0 Å². The maximum Gasteiger partial charge on any atom is 0.408 e. The van der Waals surface area contributed by atoms with Crippen molar-refractivity contribution in [1.29, 1.82) is 0 Å². The number of amides is 1. The van der Waals surface area contributed by atoms with Crippen molar-refractivity contribution in [2.75, 3.05) is 13.2 Å². The van der Waals surface area contributed by atoms with Gasteiger partial charge in [-0.2, -0.15) is 0 Å². The van der Waals surface area contributed by atoms with Gasteiger partial charge < -0.3 is 25.3 Å². The molecule has 0 aromatic carbocycles. The molecular weight excluding hydrogens is 715 g/mol. The van der Waals surface area contributed by atoms with Crippen LogP contribution in [0, 0.1) is 25.7 Å². The van der Waals surface area contributed by atoms with Crippen LogP contribution < -0.4 is 20.5 Å². The maximum absolute atomic E-state index is 12.3. The lowest BCUT2D eigenvalue weighted by Gasteiger charge is -2.33. The largest absolute Gasteiger partial charge is 0.490 e. The van der Waals surface area contributed by atoms with Crippen molar-refractivity contribution in [3.05, 3.63) is 70.7 Å². The molecule has 0 unspecified atom stereocenters. The van der Waals surface area contributed by atoms with Gasteiger partial charge in [0.05, 0.1) is 39.7 Å². The first-order chi connectivity index (χ1) is 24.6. The van der Waals surface area contributed by atoms with E-state index in [4.69, 9.17) is 43.1 Å². The molecule has 0 radical (unpaired) electrons. The van der Waals surface area contributed by atoms with E-state index in [0.717, 1.165) is 30.0 Å². The highest BCUT2D eigenvalue weighted by Crippen LogP contribution is 2.26. The van der Waals surface area contributed by atoms with Crippen LogP contribution in [0.2, 0.25) is 10.6 Å². The topological polar surface area (TPSA) is 160 Å². The van der Waals surface area contributed by atoms with Gasteiger partial charge in [-0.3, -0.25) is 0 Å². The molecule has 3 N–H and O–H groups in total. The molecule has 2 atom stereocenters. The Morgan fingerprint density at radius 3 is 1.53 bits per heavy atom. The third kappa shape index (κ3) is 15.0. The van der Waals surface area contributed by atoms with E-state index in [0.29, 0.717) is 47.0 Å². The van der Waals surface area contributed by atoms with Gasteiger partial charge >= 0.3 is 6.09 Å². The summed E-state index contributed by atoms with van der Waals surface area (Å²) in [5, 5.41) is 3.35. The van der Waals surface area contributed by atoms with Gasteiger partial charge in [0, 0.05) is 17.9 Å². The number of carbonyl (C=O) groups is 1. The summed E-state index contributed by atoms with van der Waals surface area (Å²) in [6.45, 7) is 22.5. The first kappa shape index (κ1) is 43.3. The number of carbonyl (C=O) groups excluding carboxylic acids is 1. The third-order valence-corrected chi connectivity index (χ3v) is 7.86. The smallest absolute Gasteiger partial charge is 0.408 e. The SMILES string of the molecule is Cc1nc(-c2ccnc(Cl)n2)ccc1OC[C@@](C)(N)CC(C)C.Cc1nc(-c2ccnc(Cl)n2)ccc1OC[C@](C)(CC(C)C)NC(=O)OC(C)(C)C. The molecule has 12 nitrogen and oxygen atoms in total. The molecule has 0 saturated carbocycles. The van der Waals surface area contributed by atoms with Crippen LogP contribution in [0.5, 0.6) is 11.5 Å². The quantitative estimate of drug-likeness (QED) is 0.125. The van der Waals surface area contributed by atoms with Gasteiger partial charge in [0.2, 0.25) is 10.6 Å². The van der Waals surface area contributed by atoms with Crippen LogP contribution >= 0.6 is 23.2 Å². The second-order valence-electron chi connectivity index (χ2n) is 15.6. The van der Waals surface area contributed by atoms with E-state index in [9.17, 15) is 4.79 Å². The Morgan fingerprint density at radius 2 is 1.13 bits per heavy atom. The van der Waals surface area contributed by atoms with Gasteiger partial charge in [-0.15, -0.1) is 0 Å². The highest BCUT2D eigenvalue weighted by atomic mass is 35.5. The molecule has 0 aliphatic carbocycles. The average molecular weight is 770 g/mol. The van der Waals surface area contributed by atoms with Gasteiger partial charge in [0.25, 0.3) is 0 Å². The number of aromatic nitrogens is 6. The standard InChI is InChI=1S/C22H31ClN4O3.C17H23ClN4O/c1-14(2)12-22(7,27-20(28)30-21(4,5)6)13-29-18-9-8-16(25-15(18)3)17-10-11-24-19(23)26-17;1-11(2)9-17(4,19)10-23-15-6-5-13(21-12(15)3)14-7-8-20-16(18)22-14/h8-11,14H,12-13H2,1-7H3,(H,27,28);5-8,11H,9-10,19H2,1-4H3/t22-;17-/m00/s1. The molecule has 4 aromatic heterocycles. The van der Waals surface area contributed by atoms with Crippen LogP contribution in [0.4, 0.5) is 4.79 Å². The second-order valence-corrected chi connectivity index (χ2v) is 16.3. The van der Waals surface area contributed by atoms with Gasteiger partial charge in [0.1, 0.15) is 30.3 Å². The zero-order valence-electron chi connectivity index (χ0n) is 32.8. The molecule has 0 aliphatic heterocycles. The predicted molar refractivity (Wildman–Crippen MR) is 210 cm³/mol. The molecule has 4 aromatic rings. The molecule has 4 heterocycles. The molecule has 0 bridgehead atoms. The van der Waals surface area contributed by atoms with Crippen molar-refractivity contribution in [2.24, 2.45) is 17.6 Å². The van der Waals surface area contributed by atoms with E-state index >= 15 is 0 Å². The molecule has 288 valence electrons. The van der Waals surface area contributed by atoms with E-state index in [1.807, 2.05) is 72.7 Å². The van der Waals surface area contributed by atoms with E-state index in [-0.39, 0.29) is 22.7 Å². The number of pyridine rings is 2. The minimum atomic E-state index is -0.595. The van der Waals surface area contributed by atoms with Crippen LogP contribution in [-0.4, -0.2) is 65.9 Å². The van der Waals surface area contributed by atoms with Crippen LogP contribution in [-0.2, 0) is 4.74 Å². The lowest BCUT2D eigenvalue weighted by Crippen LogP contribution is -2.52. The normalized spacial score (nSPS) is 13.7. The highest BCUT2D eigenvalue weighted by Gasteiger charge is 2.31. The van der Waals surface area contributed by atoms with Gasteiger partial charge in [-0.05, 0) is 133 Å². The summed E-state index contributed by atoms with van der Waals surface area (Å²) in [4.78, 5) is 37.5. The molecule has 1 amide bonds. The van der Waals surface area contributed by atoms with Crippen LogP contribution in [0.3, 0.4) is 0 Å². The third-order valence-electron chi connectivity index (χ3n) is 7.49. The van der Waals surface area contributed by atoms with Gasteiger partial charge in [-0.1, -0.05) is 27.7 Å². The number of rotatable bonds is 13. The second kappa shape index (κ2) is 18.8. The molecule has 53 heavy (non-hydrogen) atoms. The Labute approximate surface area is 324 Å². The van der Waals surface area contributed by atoms with E-state index in [2.05, 4.69) is 62.9 Å². The Hall–Kier alpha value is -4.13. The fraction of sp³-hybridized carbons (Fsp3) is 0.513. The molecule has 0 saturated heterocycles. The molecular formula is C39H54Cl2N8O4. The summed E-state index contributed by atoms with van der Waals surface area (Å²) in [5.74, 6) is 2.25. The molecule has 0 spiro atoms. The highest BCUT2D eigenvalue weighted by molar-refractivity contribution is 6.28. The monoisotopic (exact) mass is 768 g/mol. The van der Waals surface area contributed by atoms with Crippen LogP contribution in [0.1, 0.15) is 86.5 Å². The summed E-state index contributed by atoms with van der Waals surface area (Å²) in [6, 6.07) is 10.9. The minimum Gasteiger partial charge on any atom is -0.490 e. The van der Waals surface area contributed by atoms with Crippen molar-refractivity contribution in [2.45, 2.75) is 106 Å². The van der Waals surface area contributed by atoms with Crippen molar-refractivity contribution < 1.29 is 19.0 Å². The van der Waals surface area contributed by atoms with Crippen LogP contribution in [0.15, 0.2) is 48.8 Å². The Kier molecular flexibility index (Phi) is 15.3. The van der Waals surface area contributed by atoms with Crippen molar-refractivity contribution in [3.63, 3.8) is 0 Å². The lowest BCUT2D eigenvalue weighted by molar-refractivity contribution is 0.0407. The molecule has 14 heteroatoms. The van der Waals surface area contributed by atoms with Crippen molar-refractivity contribution >= 4 is 29.3 Å². The maximum atomic E-state index is 12.3. The number of alkyl carbamates (subject to hydrolysis) is 1. The zero-order valence-corrected chi connectivity index (χ0v) is 34.3. The molecule has 0 aliphatic rings. The molecule has 4 rings (SSSR count). The number of hydrogen-bond acceptors (Lipinski definition) is 11. The number of ether oxygens (including phenoxy) is 3. The summed E-state index contributed by atoms with van der Waals surface area (Å²) in [7, 11) is 0. The first-order valence-corrected chi connectivity index (χ1v) is 18.4. The van der Waals surface area contributed by atoms with Crippen LogP contribution in [0.25, 0.3) is 22.8 Å². The summed E-state index contributed by atoms with van der Waals surface area (Å²) in [5.41, 5.74) is 9.00. The Bertz CT molecular complexity index is 1820. The Morgan fingerprint density at radius 1 is 0.698 bits per heavy atom. The van der Waals surface area contributed by atoms with E-state index in [1.54, 1.807) is 24.5 Å². The van der Waals surface area contributed by atoms with Crippen molar-refractivity contribution in [1.82, 2.24) is 35.2 Å². The number of nitrogens with zero attached hydrogens (tertiary/aromatic N) is 6. The number of nitrogens with two attached hydrogens (primary N) is 1. The first-order valence-electron chi connectivity index (χ1n) is 17.6. The number of halogens is 2. The fourth-order valence-electron chi connectivity index (χ4n) is 5.71.